The molecule has 5 heteroatoms. The molecule has 144 valence electrons. The van der Waals surface area contributed by atoms with Crippen molar-refractivity contribution in [1.29, 1.82) is 0 Å². The second-order valence-corrected chi connectivity index (χ2v) is 8.24. The smallest absolute Gasteiger partial charge is 0.251 e. The Labute approximate surface area is 160 Å². The molecule has 1 aliphatic carbocycles. The van der Waals surface area contributed by atoms with Crippen LogP contribution in [0.2, 0.25) is 0 Å². The highest BCUT2D eigenvalue weighted by Gasteiger charge is 2.31. The number of fused-ring (bicyclic) bond motifs is 1. The molecule has 0 bridgehead atoms. The average molecular weight is 368 g/mol. The highest BCUT2D eigenvalue weighted by atomic mass is 16.5. The van der Waals surface area contributed by atoms with E-state index in [2.05, 4.69) is 35.0 Å². The molecule has 2 aliphatic heterocycles. The van der Waals surface area contributed by atoms with Gasteiger partial charge in [-0.15, -0.1) is 0 Å². The first kappa shape index (κ1) is 17.1. The third-order valence-corrected chi connectivity index (χ3v) is 6.18. The van der Waals surface area contributed by atoms with Crippen molar-refractivity contribution in [2.24, 2.45) is 5.92 Å². The number of carbonyl (C=O) groups excluding carboxylic acids is 1. The summed E-state index contributed by atoms with van der Waals surface area (Å²) in [6.45, 7) is 3.38. The maximum absolute atomic E-state index is 12.5. The number of hydrogen-bond acceptors (Lipinski definition) is 3. The van der Waals surface area contributed by atoms with Crippen molar-refractivity contribution in [2.75, 3.05) is 19.7 Å². The van der Waals surface area contributed by atoms with Gasteiger partial charge < -0.3 is 18.9 Å². The number of likely N-dealkylation sites (tertiary alicyclic amines) is 1. The summed E-state index contributed by atoms with van der Waals surface area (Å²) in [4.78, 5) is 14.5. The predicted octanol–water partition coefficient (Wildman–Crippen LogP) is 3.60. The fourth-order valence-corrected chi connectivity index (χ4v) is 4.39. The van der Waals surface area contributed by atoms with Crippen molar-refractivity contribution in [1.82, 2.24) is 9.47 Å². The lowest BCUT2D eigenvalue weighted by atomic mass is 10.1. The molecule has 3 aliphatic rings. The highest BCUT2D eigenvalue weighted by molar-refractivity contribution is 5.86. The Balaban J connectivity index is 1.22. The monoisotopic (exact) mass is 368 g/mol. The molecule has 1 aromatic carbocycles. The molecule has 27 heavy (non-hydrogen) atoms. The molecule has 5 nitrogen and oxygen atoms in total. The maximum atomic E-state index is 12.5. The van der Waals surface area contributed by atoms with Gasteiger partial charge in [0.25, 0.3) is 5.91 Å². The number of hydrogen-bond donors (Lipinski definition) is 0. The molecule has 1 aromatic heterocycles. The van der Waals surface area contributed by atoms with Gasteiger partial charge in [-0.05, 0) is 49.8 Å². The SMILES string of the molecule is O=C(C1CCCO1)N1CCC(Oc2cccc3c2ccn3CC2CC2)CC1. The lowest BCUT2D eigenvalue weighted by Gasteiger charge is -2.33. The zero-order valence-corrected chi connectivity index (χ0v) is 15.8. The van der Waals surface area contributed by atoms with Gasteiger partial charge >= 0.3 is 0 Å². The normalized spacial score (nSPS) is 23.9. The van der Waals surface area contributed by atoms with Gasteiger partial charge in [0.15, 0.2) is 0 Å². The topological polar surface area (TPSA) is 43.7 Å². The van der Waals surface area contributed by atoms with E-state index in [1.807, 2.05) is 4.90 Å². The summed E-state index contributed by atoms with van der Waals surface area (Å²) in [5.74, 6) is 2.01. The van der Waals surface area contributed by atoms with Crippen molar-refractivity contribution in [2.45, 2.75) is 57.3 Å². The Morgan fingerprint density at radius 1 is 1.11 bits per heavy atom. The molecule has 3 heterocycles. The lowest BCUT2D eigenvalue weighted by molar-refractivity contribution is -0.142. The number of rotatable bonds is 5. The summed E-state index contributed by atoms with van der Waals surface area (Å²) in [6, 6.07) is 8.54. The summed E-state index contributed by atoms with van der Waals surface area (Å²) in [5, 5.41) is 1.20. The van der Waals surface area contributed by atoms with Crippen molar-refractivity contribution >= 4 is 16.8 Å². The Hall–Kier alpha value is -2.01. The van der Waals surface area contributed by atoms with E-state index >= 15 is 0 Å². The summed E-state index contributed by atoms with van der Waals surface area (Å²) in [7, 11) is 0. The number of nitrogens with zero attached hydrogens (tertiary/aromatic N) is 2. The quantitative estimate of drug-likeness (QED) is 0.810. The van der Waals surface area contributed by atoms with E-state index in [1.165, 1.54) is 23.7 Å². The van der Waals surface area contributed by atoms with Crippen molar-refractivity contribution in [3.8, 4) is 5.75 Å². The van der Waals surface area contributed by atoms with Crippen molar-refractivity contribution in [3.05, 3.63) is 30.5 Å². The summed E-state index contributed by atoms with van der Waals surface area (Å²) in [6.07, 6.45) is 8.53. The minimum Gasteiger partial charge on any atom is -0.490 e. The third kappa shape index (κ3) is 3.57. The molecule has 0 radical (unpaired) electrons. The minimum atomic E-state index is -0.206. The van der Waals surface area contributed by atoms with E-state index in [1.54, 1.807) is 0 Å². The molecule has 3 fully saturated rings. The molecular formula is C22H28N2O3. The van der Waals surface area contributed by atoms with Crippen LogP contribution in [-0.2, 0) is 16.1 Å². The number of benzene rings is 1. The van der Waals surface area contributed by atoms with E-state index in [-0.39, 0.29) is 18.1 Å². The summed E-state index contributed by atoms with van der Waals surface area (Å²) in [5.41, 5.74) is 1.27. The Morgan fingerprint density at radius 3 is 2.70 bits per heavy atom. The van der Waals surface area contributed by atoms with E-state index in [0.717, 1.165) is 63.6 Å². The van der Waals surface area contributed by atoms with Crippen LogP contribution in [0.3, 0.4) is 0 Å². The van der Waals surface area contributed by atoms with E-state index in [0.29, 0.717) is 0 Å². The molecule has 1 saturated carbocycles. The van der Waals surface area contributed by atoms with Crippen LogP contribution in [0.15, 0.2) is 30.5 Å². The van der Waals surface area contributed by atoms with Crippen LogP contribution in [0.25, 0.3) is 10.9 Å². The first-order chi connectivity index (χ1) is 13.3. The molecule has 0 N–H and O–H groups in total. The molecule has 2 aromatic rings. The molecule has 1 atom stereocenters. The van der Waals surface area contributed by atoms with E-state index in [4.69, 9.17) is 9.47 Å². The molecular weight excluding hydrogens is 340 g/mol. The largest absolute Gasteiger partial charge is 0.490 e. The van der Waals surface area contributed by atoms with Gasteiger partial charge in [-0.1, -0.05) is 6.07 Å². The van der Waals surface area contributed by atoms with E-state index < -0.39 is 0 Å². The van der Waals surface area contributed by atoms with Crippen LogP contribution in [0.4, 0.5) is 0 Å². The minimum absolute atomic E-state index is 0.171. The van der Waals surface area contributed by atoms with Crippen LogP contribution in [0.5, 0.6) is 5.75 Å². The Bertz CT molecular complexity index is 812. The maximum Gasteiger partial charge on any atom is 0.251 e. The highest BCUT2D eigenvalue weighted by Crippen LogP contribution is 2.34. The second-order valence-electron chi connectivity index (χ2n) is 8.24. The number of piperidine rings is 1. The first-order valence-electron chi connectivity index (χ1n) is 10.4. The Kier molecular flexibility index (Phi) is 4.56. The average Bonchev–Trinajstić information content (AvgIpc) is 3.17. The first-order valence-corrected chi connectivity index (χ1v) is 10.4. The lowest BCUT2D eigenvalue weighted by Crippen LogP contribution is -2.45. The fraction of sp³-hybridized carbons (Fsp3) is 0.591. The van der Waals surface area contributed by atoms with Crippen LogP contribution >= 0.6 is 0 Å². The number of ether oxygens (including phenoxy) is 2. The molecule has 1 unspecified atom stereocenters. The number of carbonyl (C=O) groups is 1. The fourth-order valence-electron chi connectivity index (χ4n) is 4.39. The summed E-state index contributed by atoms with van der Waals surface area (Å²) < 4.78 is 14.3. The molecule has 5 rings (SSSR count). The predicted molar refractivity (Wildman–Crippen MR) is 104 cm³/mol. The number of aromatic nitrogens is 1. The van der Waals surface area contributed by atoms with Crippen molar-refractivity contribution < 1.29 is 14.3 Å². The third-order valence-electron chi connectivity index (χ3n) is 6.18. The van der Waals surface area contributed by atoms with Crippen molar-refractivity contribution in [3.63, 3.8) is 0 Å². The van der Waals surface area contributed by atoms with Crippen LogP contribution in [0, 0.1) is 5.92 Å². The van der Waals surface area contributed by atoms with Gasteiger partial charge in [0.1, 0.15) is 18.0 Å². The van der Waals surface area contributed by atoms with Crippen LogP contribution in [0.1, 0.15) is 38.5 Å². The molecule has 2 saturated heterocycles. The van der Waals surface area contributed by atoms with Gasteiger partial charge in [-0.2, -0.15) is 0 Å². The standard InChI is InChI=1S/C22H28N2O3/c25-22(21-5-2-14-26-21)23-11-8-17(9-12-23)27-20-4-1-3-19-18(20)10-13-24(19)15-16-6-7-16/h1,3-4,10,13,16-17,21H,2,5-9,11-12,14-15H2. The van der Waals surface area contributed by atoms with Gasteiger partial charge in [0.05, 0.1) is 5.52 Å². The molecule has 0 spiro atoms. The number of amides is 1. The van der Waals surface area contributed by atoms with Gasteiger partial charge in [-0.3, -0.25) is 4.79 Å². The van der Waals surface area contributed by atoms with Gasteiger partial charge in [0.2, 0.25) is 0 Å². The van der Waals surface area contributed by atoms with E-state index in [9.17, 15) is 4.79 Å². The molecule has 1 amide bonds. The van der Waals surface area contributed by atoms with Gasteiger partial charge in [-0.25, -0.2) is 0 Å². The summed E-state index contributed by atoms with van der Waals surface area (Å²) >= 11 is 0. The zero-order valence-electron chi connectivity index (χ0n) is 15.8. The second kappa shape index (κ2) is 7.19. The zero-order chi connectivity index (χ0) is 18.2. The Morgan fingerprint density at radius 2 is 1.96 bits per heavy atom. The van der Waals surface area contributed by atoms with Crippen LogP contribution < -0.4 is 4.74 Å². The van der Waals surface area contributed by atoms with Gasteiger partial charge in [0, 0.05) is 50.7 Å². The van der Waals surface area contributed by atoms with Crippen LogP contribution in [-0.4, -0.2) is 47.3 Å².